The molecule has 1 rings (SSSR count). The molecule has 0 aliphatic carbocycles. The van der Waals surface area contributed by atoms with Gasteiger partial charge in [0, 0.05) is 4.47 Å². The van der Waals surface area contributed by atoms with Crippen LogP contribution in [0.5, 0.6) is 5.75 Å². The molecule has 1 amide bonds. The topological polar surface area (TPSA) is 64.3 Å². The minimum Gasteiger partial charge on any atom is -0.496 e. The van der Waals surface area contributed by atoms with Gasteiger partial charge >= 0.3 is 0 Å². The van der Waals surface area contributed by atoms with Gasteiger partial charge in [-0.2, -0.15) is 0 Å². The lowest BCUT2D eigenvalue weighted by Gasteiger charge is -2.09. The molecule has 86 valence electrons. The van der Waals surface area contributed by atoms with E-state index in [0.717, 1.165) is 4.47 Å². The highest BCUT2D eigenvalue weighted by atomic mass is 79.9. The Labute approximate surface area is 107 Å². The zero-order chi connectivity index (χ0) is 12.1. The van der Waals surface area contributed by atoms with Gasteiger partial charge in [-0.15, -0.1) is 0 Å². The maximum Gasteiger partial charge on any atom is 0.255 e. The van der Waals surface area contributed by atoms with Crippen LogP contribution in [0.25, 0.3) is 0 Å². The summed E-state index contributed by atoms with van der Waals surface area (Å²) >= 11 is 7.97. The molecule has 0 aliphatic heterocycles. The van der Waals surface area contributed by atoms with Gasteiger partial charge in [-0.05, 0) is 18.2 Å². The van der Waals surface area contributed by atoms with E-state index in [2.05, 4.69) is 33.5 Å². The van der Waals surface area contributed by atoms with Crippen LogP contribution in [0, 0.1) is 0 Å². The van der Waals surface area contributed by atoms with E-state index in [9.17, 15) is 4.79 Å². The lowest BCUT2D eigenvalue weighted by molar-refractivity contribution is 0.0956. The van der Waals surface area contributed by atoms with E-state index in [0.29, 0.717) is 11.3 Å². The highest BCUT2D eigenvalue weighted by molar-refractivity contribution is 9.10. The molecule has 6 heteroatoms. The van der Waals surface area contributed by atoms with Crippen molar-refractivity contribution in [1.29, 1.82) is 0 Å². The number of benzene rings is 1. The summed E-state index contributed by atoms with van der Waals surface area (Å²) in [6.07, 6.45) is 0. The van der Waals surface area contributed by atoms with E-state index in [-0.39, 0.29) is 17.4 Å². The Morgan fingerprint density at radius 3 is 2.88 bits per heavy atom. The zero-order valence-electron chi connectivity index (χ0n) is 8.62. The van der Waals surface area contributed by atoms with Crippen molar-refractivity contribution in [3.8, 4) is 5.75 Å². The molecule has 0 radical (unpaired) electrons. The summed E-state index contributed by atoms with van der Waals surface area (Å²) < 4.78 is 5.94. The van der Waals surface area contributed by atoms with E-state index in [1.54, 1.807) is 18.2 Å². The van der Waals surface area contributed by atoms with Gasteiger partial charge in [-0.1, -0.05) is 28.1 Å². The number of halogens is 1. The first-order chi connectivity index (χ1) is 7.54. The van der Waals surface area contributed by atoms with Crippen molar-refractivity contribution < 1.29 is 9.53 Å². The summed E-state index contributed by atoms with van der Waals surface area (Å²) in [5.41, 5.74) is 5.74. The Morgan fingerprint density at radius 2 is 2.31 bits per heavy atom. The molecule has 4 nitrogen and oxygen atoms in total. The largest absolute Gasteiger partial charge is 0.496 e. The Morgan fingerprint density at radius 1 is 1.62 bits per heavy atom. The molecular formula is C10H11BrN2O2S. The fraction of sp³-hybridized carbons (Fsp3) is 0.200. The number of nitrogens with two attached hydrogens (primary N) is 1. The van der Waals surface area contributed by atoms with Crippen molar-refractivity contribution >= 4 is 39.0 Å². The van der Waals surface area contributed by atoms with Crippen molar-refractivity contribution in [3.63, 3.8) is 0 Å². The lowest BCUT2D eigenvalue weighted by atomic mass is 10.2. The molecule has 16 heavy (non-hydrogen) atoms. The van der Waals surface area contributed by atoms with Crippen LogP contribution in [-0.4, -0.2) is 24.6 Å². The average Bonchev–Trinajstić information content (AvgIpc) is 2.25. The number of rotatable bonds is 4. The minimum absolute atomic E-state index is 0.174. The summed E-state index contributed by atoms with van der Waals surface area (Å²) in [7, 11) is 1.51. The third-order valence-corrected chi connectivity index (χ3v) is 2.47. The molecule has 0 saturated heterocycles. The zero-order valence-corrected chi connectivity index (χ0v) is 11.0. The normalized spacial score (nSPS) is 9.62. The number of amides is 1. The lowest BCUT2D eigenvalue weighted by Crippen LogP contribution is -2.32. The standard InChI is InChI=1S/C10H11BrN2O2S/c1-15-8-4-6(11)2-3-7(8)10(14)13-5-9(12)16/h2-4H,5H2,1H3,(H2,12,16)(H,13,14). The second kappa shape index (κ2) is 5.81. The van der Waals surface area contributed by atoms with Gasteiger partial charge in [0.05, 0.1) is 24.2 Å². The van der Waals surface area contributed by atoms with E-state index in [1.807, 2.05) is 0 Å². The third kappa shape index (κ3) is 3.46. The number of nitrogens with one attached hydrogen (secondary N) is 1. The highest BCUT2D eigenvalue weighted by Gasteiger charge is 2.11. The molecule has 1 aromatic carbocycles. The minimum atomic E-state index is -0.267. The third-order valence-electron chi connectivity index (χ3n) is 1.83. The summed E-state index contributed by atoms with van der Waals surface area (Å²) in [5.74, 6) is 0.229. The molecule has 0 aliphatic rings. The molecule has 0 unspecified atom stereocenters. The van der Waals surface area contributed by atoms with E-state index >= 15 is 0 Å². The summed E-state index contributed by atoms with van der Waals surface area (Å²) in [4.78, 5) is 12.0. The predicted octanol–water partition coefficient (Wildman–Crippen LogP) is 1.47. The number of carbonyl (C=O) groups is 1. The fourth-order valence-electron chi connectivity index (χ4n) is 1.12. The first-order valence-corrected chi connectivity index (χ1v) is 5.64. The number of ether oxygens (including phenoxy) is 1. The van der Waals surface area contributed by atoms with Crippen LogP contribution in [0.3, 0.4) is 0 Å². The number of hydrogen-bond acceptors (Lipinski definition) is 3. The maximum absolute atomic E-state index is 11.7. The average molecular weight is 303 g/mol. The SMILES string of the molecule is COc1cc(Br)ccc1C(=O)NCC(N)=S. The molecule has 0 saturated carbocycles. The number of hydrogen-bond donors (Lipinski definition) is 2. The first-order valence-electron chi connectivity index (χ1n) is 4.44. The van der Waals surface area contributed by atoms with Gasteiger partial charge in [-0.3, -0.25) is 4.79 Å². The van der Waals surface area contributed by atoms with E-state index < -0.39 is 0 Å². The molecule has 0 spiro atoms. The Hall–Kier alpha value is -1.14. The Kier molecular flexibility index (Phi) is 4.70. The smallest absolute Gasteiger partial charge is 0.255 e. The molecule has 0 bridgehead atoms. The van der Waals surface area contributed by atoms with Crippen LogP contribution in [0.4, 0.5) is 0 Å². The van der Waals surface area contributed by atoms with E-state index in [4.69, 9.17) is 10.5 Å². The van der Waals surface area contributed by atoms with Gasteiger partial charge in [-0.25, -0.2) is 0 Å². The first kappa shape index (κ1) is 12.9. The second-order valence-electron chi connectivity index (χ2n) is 2.99. The van der Waals surface area contributed by atoms with Gasteiger partial charge < -0.3 is 15.8 Å². The molecule has 1 aromatic rings. The monoisotopic (exact) mass is 302 g/mol. The molecule has 0 atom stereocenters. The van der Waals surface area contributed by atoms with Crippen molar-refractivity contribution in [2.24, 2.45) is 5.73 Å². The molecule has 0 fully saturated rings. The van der Waals surface area contributed by atoms with Crippen molar-refractivity contribution in [2.45, 2.75) is 0 Å². The molecular weight excluding hydrogens is 292 g/mol. The number of methoxy groups -OCH3 is 1. The fourth-order valence-corrected chi connectivity index (χ4v) is 1.53. The molecule has 0 aromatic heterocycles. The van der Waals surface area contributed by atoms with Crippen molar-refractivity contribution in [3.05, 3.63) is 28.2 Å². The summed E-state index contributed by atoms with van der Waals surface area (Å²) in [6, 6.07) is 5.14. The quantitative estimate of drug-likeness (QED) is 0.827. The van der Waals surface area contributed by atoms with Crippen LogP contribution in [0.2, 0.25) is 0 Å². The Balaban J connectivity index is 2.86. The molecule has 0 heterocycles. The van der Waals surface area contributed by atoms with Crippen LogP contribution in [0.15, 0.2) is 22.7 Å². The van der Waals surface area contributed by atoms with Crippen molar-refractivity contribution in [2.75, 3.05) is 13.7 Å². The molecule has 3 N–H and O–H groups in total. The summed E-state index contributed by atoms with van der Waals surface area (Å²) in [6.45, 7) is 0.174. The van der Waals surface area contributed by atoms with Crippen LogP contribution in [0.1, 0.15) is 10.4 Å². The van der Waals surface area contributed by atoms with Crippen LogP contribution < -0.4 is 15.8 Å². The Bertz CT molecular complexity index is 423. The van der Waals surface area contributed by atoms with E-state index in [1.165, 1.54) is 7.11 Å². The van der Waals surface area contributed by atoms with Gasteiger partial charge in [0.25, 0.3) is 5.91 Å². The van der Waals surface area contributed by atoms with Crippen LogP contribution >= 0.6 is 28.1 Å². The van der Waals surface area contributed by atoms with Crippen molar-refractivity contribution in [1.82, 2.24) is 5.32 Å². The van der Waals surface area contributed by atoms with Crippen LogP contribution in [-0.2, 0) is 0 Å². The van der Waals surface area contributed by atoms with Gasteiger partial charge in [0.1, 0.15) is 5.75 Å². The predicted molar refractivity (Wildman–Crippen MR) is 69.8 cm³/mol. The number of carbonyl (C=O) groups excluding carboxylic acids is 1. The summed E-state index contributed by atoms with van der Waals surface area (Å²) in [5, 5.41) is 2.59. The van der Waals surface area contributed by atoms with Gasteiger partial charge in [0.15, 0.2) is 0 Å². The second-order valence-corrected chi connectivity index (χ2v) is 4.43. The maximum atomic E-state index is 11.7. The highest BCUT2D eigenvalue weighted by Crippen LogP contribution is 2.23. The van der Waals surface area contributed by atoms with Gasteiger partial charge in [0.2, 0.25) is 0 Å². The number of thiocarbonyl (C=S) groups is 1.